The van der Waals surface area contributed by atoms with E-state index in [0.29, 0.717) is 17.1 Å². The SMILES string of the molecule is CN(C(=O)n1cnc(-c2cccc(N)c2)c1)C1CCN(c2ccc(O)cc2)CC1.CN(C(=O)n1cnc(-c2cccc(NC(N)=O)c2)c1)C1CCN(c2ccc(O)cc2)CC1.N#CO.[K+]. The van der Waals surface area contributed by atoms with Crippen LogP contribution in [0.3, 0.4) is 0 Å². The third-order valence-electron chi connectivity index (χ3n) is 11.3. The fourth-order valence-corrected chi connectivity index (χ4v) is 7.78. The van der Waals surface area contributed by atoms with Crippen LogP contribution >= 0.6 is 0 Å². The first kappa shape index (κ1) is 49.5. The summed E-state index contributed by atoms with van der Waals surface area (Å²) in [5, 5.41) is 35.2. The fraction of sp³-hybridized carbons (Fsp3) is 0.261. The first-order chi connectivity index (χ1) is 30.8. The van der Waals surface area contributed by atoms with Gasteiger partial charge in [-0.15, -0.1) is 0 Å². The number of aliphatic hydroxyl groups excluding tert-OH is 1. The molecule has 19 heteroatoms. The van der Waals surface area contributed by atoms with Crippen molar-refractivity contribution in [2.24, 2.45) is 5.73 Å². The number of primary amides is 1. The zero-order valence-corrected chi connectivity index (χ0v) is 39.7. The minimum Gasteiger partial charge on any atom is -0.508 e. The largest absolute Gasteiger partial charge is 1.00 e. The van der Waals surface area contributed by atoms with Crippen LogP contribution in [0.15, 0.2) is 122 Å². The molecule has 0 radical (unpaired) electrons. The molecule has 2 saturated heterocycles. The van der Waals surface area contributed by atoms with Crippen LogP contribution in [-0.2, 0) is 0 Å². The number of aliphatic hydroxyl groups is 1. The van der Waals surface area contributed by atoms with Gasteiger partial charge in [-0.25, -0.2) is 24.4 Å². The van der Waals surface area contributed by atoms with Crippen molar-refractivity contribution in [2.45, 2.75) is 37.8 Å². The second-order valence-electron chi connectivity index (χ2n) is 15.4. The number of phenols is 2. The van der Waals surface area contributed by atoms with Gasteiger partial charge in [0.15, 0.2) is 0 Å². The van der Waals surface area contributed by atoms with E-state index >= 15 is 0 Å². The number of phenolic OH excluding ortho intramolecular Hbond substituents is 2. The fourth-order valence-electron chi connectivity index (χ4n) is 7.78. The number of benzene rings is 4. The summed E-state index contributed by atoms with van der Waals surface area (Å²) in [6.45, 7) is 3.40. The summed E-state index contributed by atoms with van der Waals surface area (Å²) in [5.74, 6) is 0.524. The van der Waals surface area contributed by atoms with Crippen LogP contribution in [0.1, 0.15) is 25.7 Å². The van der Waals surface area contributed by atoms with E-state index < -0.39 is 6.03 Å². The van der Waals surface area contributed by atoms with Crippen LogP contribution in [0.5, 0.6) is 11.5 Å². The van der Waals surface area contributed by atoms with E-state index in [-0.39, 0.29) is 87.0 Å². The molecule has 2 aromatic heterocycles. The van der Waals surface area contributed by atoms with Gasteiger partial charge in [-0.1, -0.05) is 24.3 Å². The van der Waals surface area contributed by atoms with Crippen LogP contribution in [-0.4, -0.2) is 115 Å². The van der Waals surface area contributed by atoms with Gasteiger partial charge in [-0.3, -0.25) is 9.13 Å². The van der Waals surface area contributed by atoms with E-state index in [9.17, 15) is 24.6 Å². The number of amides is 4. The standard InChI is InChI=1S/C23H26N6O3.C22H25N5O2.CHNO.K/c1-27(18-9-11-28(12-10-18)19-5-7-20(30)8-6-19)23(32)29-14-21(25-15-29)16-3-2-4-17(13-16)26-22(24)31;1-25(18-9-11-26(12-10-18)19-5-7-20(28)8-6-19)22(29)27-14-21(24-15-27)16-3-2-4-17(23)13-16;2-1-3;/h2-8,13-15,18,30H,9-12H2,1H3,(H3,24,26,31);2-8,13-15,18,28H,9-12,23H2,1H3;3H;/q;;;+1. The maximum atomic E-state index is 13.0. The number of piperidine rings is 2. The summed E-state index contributed by atoms with van der Waals surface area (Å²) in [7, 11) is 3.67. The van der Waals surface area contributed by atoms with E-state index in [1.54, 1.807) is 71.0 Å². The Kier molecular flexibility index (Phi) is 17.8. The van der Waals surface area contributed by atoms with Gasteiger partial charge in [0.1, 0.15) is 24.2 Å². The number of aromatic hydroxyl groups is 2. The summed E-state index contributed by atoms with van der Waals surface area (Å²) < 4.78 is 3.01. The van der Waals surface area contributed by atoms with Crippen molar-refractivity contribution in [3.63, 3.8) is 0 Å². The first-order valence-corrected chi connectivity index (χ1v) is 20.6. The predicted octanol–water partition coefficient (Wildman–Crippen LogP) is 3.57. The van der Waals surface area contributed by atoms with Crippen molar-refractivity contribution < 1.29 is 81.1 Å². The molecule has 18 nitrogen and oxygen atoms in total. The van der Waals surface area contributed by atoms with Gasteiger partial charge in [0.25, 0.3) is 6.26 Å². The average molecular weight is 908 g/mol. The van der Waals surface area contributed by atoms with Gasteiger partial charge in [0.05, 0.1) is 11.4 Å². The molecule has 65 heavy (non-hydrogen) atoms. The molecule has 4 heterocycles. The van der Waals surface area contributed by atoms with Gasteiger partial charge >= 0.3 is 69.5 Å². The summed E-state index contributed by atoms with van der Waals surface area (Å²) in [6.07, 6.45) is 10.7. The Balaban J connectivity index is 0.000000228. The van der Waals surface area contributed by atoms with Crippen LogP contribution in [0.4, 0.5) is 37.1 Å². The van der Waals surface area contributed by atoms with Crippen LogP contribution in [0, 0.1) is 11.5 Å². The van der Waals surface area contributed by atoms with Crippen LogP contribution in [0.25, 0.3) is 22.5 Å². The maximum absolute atomic E-state index is 13.0. The molecule has 332 valence electrons. The molecule has 2 fully saturated rings. The number of urea groups is 1. The number of anilines is 4. The van der Waals surface area contributed by atoms with E-state index in [1.807, 2.05) is 68.7 Å². The van der Waals surface area contributed by atoms with Gasteiger partial charge < -0.3 is 51.7 Å². The maximum Gasteiger partial charge on any atom is 1.00 e. The minimum atomic E-state index is -0.638. The molecule has 0 bridgehead atoms. The summed E-state index contributed by atoms with van der Waals surface area (Å²) >= 11 is 0. The summed E-state index contributed by atoms with van der Waals surface area (Å²) in [6, 6.07) is 28.5. The van der Waals surface area contributed by atoms with E-state index in [0.717, 1.165) is 86.3 Å². The average Bonchev–Trinajstić information content (AvgIpc) is 4.01. The van der Waals surface area contributed by atoms with Gasteiger partial charge in [-0.2, -0.15) is 5.26 Å². The van der Waals surface area contributed by atoms with Crippen LogP contribution in [0.2, 0.25) is 0 Å². The second kappa shape index (κ2) is 23.4. The molecule has 0 atom stereocenters. The number of nitrogens with one attached hydrogen (secondary N) is 1. The molecule has 2 aliphatic rings. The number of carbonyl (C=O) groups is 3. The number of rotatable bonds is 7. The molecule has 4 amide bonds. The van der Waals surface area contributed by atoms with Crippen molar-refractivity contribution in [3.05, 3.63) is 122 Å². The Labute approximate surface area is 419 Å². The first-order valence-electron chi connectivity index (χ1n) is 20.6. The molecular formula is C46H52KN12O6+. The molecule has 2 aliphatic heterocycles. The smallest absolute Gasteiger partial charge is 0.508 e. The van der Waals surface area contributed by atoms with Crippen molar-refractivity contribution >= 4 is 40.8 Å². The molecule has 8 rings (SSSR count). The van der Waals surface area contributed by atoms with Crippen molar-refractivity contribution in [1.82, 2.24) is 28.9 Å². The van der Waals surface area contributed by atoms with Crippen molar-refractivity contribution in [1.29, 1.82) is 5.26 Å². The molecule has 0 unspecified atom stereocenters. The normalized spacial score (nSPS) is 13.7. The van der Waals surface area contributed by atoms with Gasteiger partial charge in [0, 0.05) is 98.6 Å². The Bertz CT molecular complexity index is 2540. The number of nitrogens with two attached hydrogens (primary N) is 2. The topological polar surface area (TPSA) is 248 Å². The van der Waals surface area contributed by atoms with Crippen LogP contribution < -0.4 is 78.0 Å². The zero-order valence-electron chi connectivity index (χ0n) is 36.6. The monoisotopic (exact) mass is 907 g/mol. The number of aromatic nitrogens is 4. The molecule has 0 aliphatic carbocycles. The summed E-state index contributed by atoms with van der Waals surface area (Å²) in [5.41, 5.74) is 17.4. The van der Waals surface area contributed by atoms with Crippen molar-refractivity contribution in [2.75, 3.05) is 61.1 Å². The van der Waals surface area contributed by atoms with E-state index in [1.165, 1.54) is 15.5 Å². The number of carbonyl (C=O) groups excluding carboxylic acids is 3. The van der Waals surface area contributed by atoms with Gasteiger partial charge in [-0.05, 0) is 98.5 Å². The second-order valence-corrected chi connectivity index (χ2v) is 15.4. The molecular weight excluding hydrogens is 856 g/mol. The molecule has 0 saturated carbocycles. The molecule has 4 aromatic carbocycles. The third-order valence-corrected chi connectivity index (χ3v) is 11.3. The predicted molar refractivity (Wildman–Crippen MR) is 244 cm³/mol. The Hall–Kier alpha value is -6.56. The number of nitriles is 1. The molecule has 6 aromatic rings. The van der Waals surface area contributed by atoms with Crippen molar-refractivity contribution in [3.8, 4) is 40.3 Å². The number of hydrogen-bond donors (Lipinski definition) is 6. The number of nitrogens with zero attached hydrogens (tertiary/aromatic N) is 9. The zero-order chi connectivity index (χ0) is 45.8. The Morgan fingerprint density at radius 2 is 1.09 bits per heavy atom. The summed E-state index contributed by atoms with van der Waals surface area (Å²) in [4.78, 5) is 53.9. The van der Waals surface area contributed by atoms with Gasteiger partial charge in [0.2, 0.25) is 0 Å². The molecule has 8 N–H and O–H groups in total. The Morgan fingerprint density at radius 3 is 1.49 bits per heavy atom. The van der Waals surface area contributed by atoms with E-state index in [4.69, 9.17) is 21.8 Å². The number of imidazole rings is 2. The molecule has 0 spiro atoms. The quantitative estimate of drug-likeness (QED) is 0.0765. The van der Waals surface area contributed by atoms with E-state index in [2.05, 4.69) is 25.1 Å². The number of hydrogen-bond acceptors (Lipinski definition) is 12. The number of nitrogen functional groups attached to an aromatic ring is 1. The minimum absolute atomic E-state index is 0. The third kappa shape index (κ3) is 13.2. The Morgan fingerprint density at radius 1 is 0.692 bits per heavy atom.